The molecule has 2 atom stereocenters. The van der Waals surface area contributed by atoms with Crippen LogP contribution in [-0.4, -0.2) is 30.6 Å². The zero-order chi connectivity index (χ0) is 13.0. The first-order chi connectivity index (χ1) is 8.77. The SMILES string of the molecule is CCN1CCCCC1C(CN)c1ccccc1Cl. The van der Waals surface area contributed by atoms with Gasteiger partial charge >= 0.3 is 0 Å². The molecule has 0 aliphatic carbocycles. The lowest BCUT2D eigenvalue weighted by Gasteiger charge is -2.40. The number of piperidine rings is 1. The van der Waals surface area contributed by atoms with Gasteiger partial charge in [0.2, 0.25) is 0 Å². The van der Waals surface area contributed by atoms with E-state index in [0.717, 1.165) is 11.6 Å². The first-order valence-corrected chi connectivity index (χ1v) is 7.34. The maximum Gasteiger partial charge on any atom is 0.0441 e. The first kappa shape index (κ1) is 13.9. The van der Waals surface area contributed by atoms with Crippen molar-refractivity contribution in [2.45, 2.75) is 38.1 Å². The molecule has 1 heterocycles. The van der Waals surface area contributed by atoms with E-state index in [1.54, 1.807) is 0 Å². The van der Waals surface area contributed by atoms with Crippen LogP contribution in [-0.2, 0) is 0 Å². The molecule has 2 N–H and O–H groups in total. The third-order valence-electron chi connectivity index (χ3n) is 4.09. The van der Waals surface area contributed by atoms with Crippen LogP contribution in [0, 0.1) is 0 Å². The molecule has 2 unspecified atom stereocenters. The Bertz CT molecular complexity index is 381. The lowest BCUT2D eigenvalue weighted by atomic mass is 9.85. The highest BCUT2D eigenvalue weighted by atomic mass is 35.5. The van der Waals surface area contributed by atoms with E-state index in [4.69, 9.17) is 17.3 Å². The van der Waals surface area contributed by atoms with Gasteiger partial charge in [-0.05, 0) is 37.6 Å². The maximum atomic E-state index is 6.33. The molecule has 1 aliphatic heterocycles. The molecule has 1 fully saturated rings. The Balaban J connectivity index is 2.24. The van der Waals surface area contributed by atoms with Crippen molar-refractivity contribution < 1.29 is 0 Å². The molecule has 1 aromatic carbocycles. The van der Waals surface area contributed by atoms with Crippen molar-refractivity contribution in [3.05, 3.63) is 34.9 Å². The van der Waals surface area contributed by atoms with Gasteiger partial charge in [0.15, 0.2) is 0 Å². The molecule has 0 aromatic heterocycles. The van der Waals surface area contributed by atoms with Gasteiger partial charge in [-0.2, -0.15) is 0 Å². The quantitative estimate of drug-likeness (QED) is 0.906. The van der Waals surface area contributed by atoms with Crippen molar-refractivity contribution in [3.63, 3.8) is 0 Å². The molecule has 2 rings (SSSR count). The van der Waals surface area contributed by atoms with Crippen LogP contribution in [0.15, 0.2) is 24.3 Å². The van der Waals surface area contributed by atoms with Gasteiger partial charge in [0.1, 0.15) is 0 Å². The lowest BCUT2D eigenvalue weighted by molar-refractivity contribution is 0.134. The number of likely N-dealkylation sites (N-methyl/N-ethyl adjacent to an activating group) is 1. The Labute approximate surface area is 115 Å². The largest absolute Gasteiger partial charge is 0.330 e. The van der Waals surface area contributed by atoms with Crippen LogP contribution < -0.4 is 5.73 Å². The fourth-order valence-corrected chi connectivity index (χ4v) is 3.41. The number of likely N-dealkylation sites (tertiary alicyclic amines) is 1. The number of hydrogen-bond acceptors (Lipinski definition) is 2. The molecular formula is C15H23ClN2. The van der Waals surface area contributed by atoms with Crippen LogP contribution in [0.25, 0.3) is 0 Å². The van der Waals surface area contributed by atoms with Gasteiger partial charge in [0.25, 0.3) is 0 Å². The second kappa shape index (κ2) is 6.55. The van der Waals surface area contributed by atoms with Crippen LogP contribution in [0.4, 0.5) is 0 Å². The van der Waals surface area contributed by atoms with Crippen molar-refractivity contribution >= 4 is 11.6 Å². The molecule has 2 nitrogen and oxygen atoms in total. The number of nitrogens with two attached hydrogens (primary N) is 1. The average Bonchev–Trinajstić information content (AvgIpc) is 2.42. The van der Waals surface area contributed by atoms with E-state index in [1.807, 2.05) is 12.1 Å². The second-order valence-electron chi connectivity index (χ2n) is 5.06. The highest BCUT2D eigenvalue weighted by Crippen LogP contribution is 2.33. The molecule has 0 amide bonds. The topological polar surface area (TPSA) is 29.3 Å². The molecule has 0 spiro atoms. The van der Waals surface area contributed by atoms with Gasteiger partial charge in [-0.25, -0.2) is 0 Å². The minimum absolute atomic E-state index is 0.360. The minimum Gasteiger partial charge on any atom is -0.330 e. The smallest absolute Gasteiger partial charge is 0.0441 e. The number of hydrogen-bond donors (Lipinski definition) is 1. The van der Waals surface area contributed by atoms with Gasteiger partial charge in [-0.15, -0.1) is 0 Å². The van der Waals surface area contributed by atoms with Crippen LogP contribution in [0.5, 0.6) is 0 Å². The third-order valence-corrected chi connectivity index (χ3v) is 4.44. The van der Waals surface area contributed by atoms with Crippen molar-refractivity contribution in [3.8, 4) is 0 Å². The summed E-state index contributed by atoms with van der Waals surface area (Å²) in [5.41, 5.74) is 7.25. The monoisotopic (exact) mass is 266 g/mol. The van der Waals surface area contributed by atoms with Crippen LogP contribution >= 0.6 is 11.6 Å². The van der Waals surface area contributed by atoms with E-state index in [9.17, 15) is 0 Å². The van der Waals surface area contributed by atoms with E-state index in [1.165, 1.54) is 31.4 Å². The van der Waals surface area contributed by atoms with E-state index >= 15 is 0 Å². The first-order valence-electron chi connectivity index (χ1n) is 6.96. The van der Waals surface area contributed by atoms with Crippen LogP contribution in [0.3, 0.4) is 0 Å². The summed E-state index contributed by atoms with van der Waals surface area (Å²) >= 11 is 6.33. The minimum atomic E-state index is 0.360. The summed E-state index contributed by atoms with van der Waals surface area (Å²) in [7, 11) is 0. The number of nitrogens with zero attached hydrogens (tertiary/aromatic N) is 1. The van der Waals surface area contributed by atoms with Crippen molar-refractivity contribution in [1.82, 2.24) is 4.90 Å². The Morgan fingerprint density at radius 3 is 2.83 bits per heavy atom. The number of halogens is 1. The van der Waals surface area contributed by atoms with Gasteiger partial charge < -0.3 is 10.6 Å². The number of rotatable bonds is 4. The van der Waals surface area contributed by atoms with Crippen molar-refractivity contribution in [1.29, 1.82) is 0 Å². The molecule has 0 saturated carbocycles. The zero-order valence-electron chi connectivity index (χ0n) is 11.1. The Morgan fingerprint density at radius 1 is 1.39 bits per heavy atom. The number of benzene rings is 1. The third kappa shape index (κ3) is 2.87. The molecule has 1 aliphatic rings. The van der Waals surface area contributed by atoms with Crippen LogP contribution in [0.2, 0.25) is 5.02 Å². The van der Waals surface area contributed by atoms with Crippen LogP contribution in [0.1, 0.15) is 37.7 Å². The molecular weight excluding hydrogens is 244 g/mol. The summed E-state index contributed by atoms with van der Waals surface area (Å²) in [5, 5.41) is 0.856. The molecule has 1 saturated heterocycles. The molecule has 0 radical (unpaired) electrons. The Kier molecular flexibility index (Phi) is 5.04. The predicted molar refractivity (Wildman–Crippen MR) is 78.1 cm³/mol. The van der Waals surface area contributed by atoms with Gasteiger partial charge in [-0.1, -0.05) is 43.1 Å². The summed E-state index contributed by atoms with van der Waals surface area (Å²) in [4.78, 5) is 2.56. The van der Waals surface area contributed by atoms with E-state index < -0.39 is 0 Å². The fraction of sp³-hybridized carbons (Fsp3) is 0.600. The summed E-state index contributed by atoms with van der Waals surface area (Å²) < 4.78 is 0. The highest BCUT2D eigenvalue weighted by molar-refractivity contribution is 6.31. The second-order valence-corrected chi connectivity index (χ2v) is 5.46. The Hall–Kier alpha value is -0.570. The Morgan fingerprint density at radius 2 is 2.17 bits per heavy atom. The summed E-state index contributed by atoms with van der Waals surface area (Å²) in [6, 6.07) is 8.69. The van der Waals surface area contributed by atoms with Gasteiger partial charge in [-0.3, -0.25) is 0 Å². The summed E-state index contributed by atoms with van der Waals surface area (Å²) in [6.07, 6.45) is 3.85. The lowest BCUT2D eigenvalue weighted by Crippen LogP contribution is -2.45. The molecule has 18 heavy (non-hydrogen) atoms. The molecule has 0 bridgehead atoms. The van der Waals surface area contributed by atoms with Gasteiger partial charge in [0.05, 0.1) is 0 Å². The average molecular weight is 267 g/mol. The van der Waals surface area contributed by atoms with Crippen molar-refractivity contribution in [2.24, 2.45) is 5.73 Å². The molecule has 3 heteroatoms. The predicted octanol–water partition coefficient (Wildman–Crippen LogP) is 3.26. The van der Waals surface area contributed by atoms with E-state index in [2.05, 4.69) is 24.0 Å². The maximum absolute atomic E-state index is 6.33. The summed E-state index contributed by atoms with van der Waals surface area (Å²) in [5.74, 6) is 0.360. The molecule has 1 aromatic rings. The van der Waals surface area contributed by atoms with E-state index in [-0.39, 0.29) is 0 Å². The normalized spacial score (nSPS) is 22.9. The fourth-order valence-electron chi connectivity index (χ4n) is 3.13. The molecule has 100 valence electrons. The van der Waals surface area contributed by atoms with Gasteiger partial charge in [0, 0.05) is 23.5 Å². The summed E-state index contributed by atoms with van der Waals surface area (Å²) in [6.45, 7) is 5.21. The highest BCUT2D eigenvalue weighted by Gasteiger charge is 2.30. The van der Waals surface area contributed by atoms with E-state index in [0.29, 0.717) is 18.5 Å². The van der Waals surface area contributed by atoms with Crippen molar-refractivity contribution in [2.75, 3.05) is 19.6 Å². The standard InChI is InChI=1S/C15H23ClN2/c1-2-18-10-6-5-9-15(18)13(11-17)12-7-3-4-8-14(12)16/h3-4,7-8,13,15H,2,5-6,9-11,17H2,1H3. The zero-order valence-corrected chi connectivity index (χ0v) is 11.9.